The van der Waals surface area contributed by atoms with E-state index in [2.05, 4.69) is 9.83 Å². The van der Waals surface area contributed by atoms with E-state index < -0.39 is 26.8 Å². The highest BCUT2D eigenvalue weighted by molar-refractivity contribution is 14.2. The second-order valence-electron chi connectivity index (χ2n) is 6.58. The molecule has 5 heteroatoms. The molecule has 3 aromatic carbocycles. The van der Waals surface area contributed by atoms with Crippen molar-refractivity contribution in [2.45, 2.75) is 19.3 Å². The van der Waals surface area contributed by atoms with Crippen molar-refractivity contribution in [2.75, 3.05) is 13.6 Å². The summed E-state index contributed by atoms with van der Waals surface area (Å²) in [6, 6.07) is 23.9. The summed E-state index contributed by atoms with van der Waals surface area (Å²) < 4.78 is 17.4. The number of rotatable bonds is 10. The molecule has 0 saturated heterocycles. The van der Waals surface area contributed by atoms with Crippen LogP contribution in [0.1, 0.15) is 22.8 Å². The molecule has 0 aliphatic heterocycles. The van der Waals surface area contributed by atoms with Crippen LogP contribution in [0.3, 0.4) is 0 Å². The maximum absolute atomic E-state index is 10.6. The molecule has 0 aliphatic rings. The molecule has 0 radical (unpaired) electrons. The molecular weight excluding hydrogens is 477 g/mol. The molecule has 0 saturated carbocycles. The SMILES string of the molecule is C=Ic1cc(OCc2ccccc2)c(OCc2ccccc2)cc1C(O)CNC. The smallest absolute Gasteiger partial charge is 0.162 e. The third-order valence-electron chi connectivity index (χ3n) is 4.44. The first-order valence-electron chi connectivity index (χ1n) is 9.43. The van der Waals surface area contributed by atoms with Gasteiger partial charge in [-0.1, -0.05) is 85.9 Å². The summed E-state index contributed by atoms with van der Waals surface area (Å²) in [5.41, 5.74) is 3.02. The zero-order chi connectivity index (χ0) is 20.5. The minimum absolute atomic E-state index is 0.433. The Balaban J connectivity index is 1.89. The van der Waals surface area contributed by atoms with Crippen molar-refractivity contribution >= 4 is 25.2 Å². The maximum atomic E-state index is 10.6. The van der Waals surface area contributed by atoms with Gasteiger partial charge >= 0.3 is 0 Å². The molecule has 29 heavy (non-hydrogen) atoms. The fraction of sp³-hybridized carbons (Fsp3) is 0.208. The molecule has 1 unspecified atom stereocenters. The average Bonchev–Trinajstić information content (AvgIpc) is 2.77. The fourth-order valence-corrected chi connectivity index (χ4v) is 4.38. The van der Waals surface area contributed by atoms with Crippen LogP contribution in [0.5, 0.6) is 11.5 Å². The topological polar surface area (TPSA) is 50.7 Å². The minimum Gasteiger partial charge on any atom is -0.485 e. The summed E-state index contributed by atoms with van der Waals surface area (Å²) in [5.74, 6) is 1.32. The van der Waals surface area contributed by atoms with Crippen LogP contribution in [0.2, 0.25) is 0 Å². The number of halogens is 1. The lowest BCUT2D eigenvalue weighted by atomic mass is 10.1. The largest absolute Gasteiger partial charge is 0.485 e. The van der Waals surface area contributed by atoms with Gasteiger partial charge in [0.2, 0.25) is 0 Å². The second kappa shape index (κ2) is 11.1. The van der Waals surface area contributed by atoms with Crippen LogP contribution in [-0.2, 0) is 13.2 Å². The molecule has 3 rings (SSSR count). The summed E-state index contributed by atoms with van der Waals surface area (Å²) in [4.78, 5) is 0. The van der Waals surface area contributed by atoms with Gasteiger partial charge in [0, 0.05) is 10.1 Å². The van der Waals surface area contributed by atoms with Crippen LogP contribution in [0, 0.1) is 3.57 Å². The van der Waals surface area contributed by atoms with Crippen molar-refractivity contribution in [2.24, 2.45) is 0 Å². The third-order valence-corrected chi connectivity index (χ3v) is 6.19. The Hall–Kier alpha value is -2.22. The molecular formula is C24H26INO3. The zero-order valence-electron chi connectivity index (χ0n) is 16.5. The van der Waals surface area contributed by atoms with E-state index in [0.717, 1.165) is 20.3 Å². The van der Waals surface area contributed by atoms with E-state index in [1.807, 2.05) is 79.8 Å². The van der Waals surface area contributed by atoms with Crippen molar-refractivity contribution in [3.63, 3.8) is 0 Å². The predicted molar refractivity (Wildman–Crippen MR) is 127 cm³/mol. The molecule has 3 aromatic rings. The molecule has 0 bridgehead atoms. The first-order chi connectivity index (χ1) is 14.2. The average molecular weight is 503 g/mol. The maximum Gasteiger partial charge on any atom is 0.162 e. The van der Waals surface area contributed by atoms with Gasteiger partial charge in [0.05, 0.1) is 6.10 Å². The lowest BCUT2D eigenvalue weighted by molar-refractivity contribution is 0.175. The summed E-state index contributed by atoms with van der Waals surface area (Å²) in [7, 11) is 1.83. The Labute approximate surface area is 182 Å². The van der Waals surface area contributed by atoms with Gasteiger partial charge in [0.25, 0.3) is 0 Å². The monoisotopic (exact) mass is 503 g/mol. The molecule has 1 atom stereocenters. The van der Waals surface area contributed by atoms with Gasteiger partial charge in [0.15, 0.2) is 11.5 Å². The van der Waals surface area contributed by atoms with E-state index >= 15 is 0 Å². The van der Waals surface area contributed by atoms with Crippen molar-refractivity contribution in [1.82, 2.24) is 5.32 Å². The van der Waals surface area contributed by atoms with Crippen molar-refractivity contribution in [3.05, 3.63) is 93.1 Å². The Morgan fingerprint density at radius 1 is 0.897 bits per heavy atom. The molecule has 0 spiro atoms. The van der Waals surface area contributed by atoms with E-state index in [1.165, 1.54) is 0 Å². The van der Waals surface area contributed by atoms with Crippen LogP contribution in [0.4, 0.5) is 0 Å². The van der Waals surface area contributed by atoms with Crippen molar-refractivity contribution in [3.8, 4) is 11.5 Å². The molecule has 0 fully saturated rings. The van der Waals surface area contributed by atoms with E-state index in [1.54, 1.807) is 0 Å². The lowest BCUT2D eigenvalue weighted by Crippen LogP contribution is -2.18. The number of benzene rings is 3. The number of hydrogen-bond donors (Lipinski definition) is 2. The summed E-state index contributed by atoms with van der Waals surface area (Å²) in [5, 5.41) is 13.6. The molecule has 0 amide bonds. The first-order valence-corrected chi connectivity index (χ1v) is 12.0. The van der Waals surface area contributed by atoms with E-state index in [9.17, 15) is 5.11 Å². The van der Waals surface area contributed by atoms with E-state index in [-0.39, 0.29) is 0 Å². The van der Waals surface area contributed by atoms with Gasteiger partial charge in [-0.3, -0.25) is 0 Å². The predicted octanol–water partition coefficient (Wildman–Crippen LogP) is 4.67. The Bertz CT molecular complexity index is 916. The standard InChI is InChI=1S/C24H26INO3/c1-25-21-14-24(29-17-19-11-7-4-8-12-19)23(13-20(21)22(27)15-26-2)28-16-18-9-5-3-6-10-18/h3-14,22,26-27H,1,15-17H2,2H3. The second-order valence-corrected chi connectivity index (χ2v) is 8.50. The van der Waals surface area contributed by atoms with Gasteiger partial charge < -0.3 is 19.9 Å². The number of ether oxygens (including phenoxy) is 2. The number of likely N-dealkylation sites (N-methyl/N-ethyl adjacent to an activating group) is 1. The number of hydrogen-bond acceptors (Lipinski definition) is 4. The summed E-state index contributed by atoms with van der Waals surface area (Å²) >= 11 is -0.481. The van der Waals surface area contributed by atoms with Crippen LogP contribution < -0.4 is 14.8 Å². The normalized spacial score (nSPS) is 11.8. The van der Waals surface area contributed by atoms with Crippen molar-refractivity contribution < 1.29 is 14.6 Å². The summed E-state index contributed by atoms with van der Waals surface area (Å²) in [6.45, 7) is 1.36. The molecule has 0 aliphatic carbocycles. The highest BCUT2D eigenvalue weighted by atomic mass is 127. The molecule has 2 N–H and O–H groups in total. The van der Waals surface area contributed by atoms with E-state index in [0.29, 0.717) is 31.3 Å². The van der Waals surface area contributed by atoms with Gasteiger partial charge in [-0.15, -0.1) is 0 Å². The quantitative estimate of drug-likeness (QED) is 0.395. The highest BCUT2D eigenvalue weighted by Crippen LogP contribution is 2.36. The zero-order valence-corrected chi connectivity index (χ0v) is 18.6. The molecule has 152 valence electrons. The number of aliphatic hydroxyl groups is 1. The van der Waals surface area contributed by atoms with Crippen LogP contribution >= 0.6 is 20.7 Å². The number of nitrogens with one attached hydrogen (secondary N) is 1. The summed E-state index contributed by atoms with van der Waals surface area (Å²) in [6.07, 6.45) is -0.612. The third kappa shape index (κ3) is 6.13. The fourth-order valence-electron chi connectivity index (χ4n) is 2.92. The van der Waals surface area contributed by atoms with Gasteiger partial charge in [0.1, 0.15) is 13.2 Å². The molecule has 4 nitrogen and oxygen atoms in total. The van der Waals surface area contributed by atoms with Crippen LogP contribution in [0.15, 0.2) is 72.8 Å². The van der Waals surface area contributed by atoms with E-state index in [4.69, 9.17) is 9.47 Å². The Kier molecular flexibility index (Phi) is 8.22. The van der Waals surface area contributed by atoms with Gasteiger partial charge in [-0.2, -0.15) is 0 Å². The van der Waals surface area contributed by atoms with Crippen molar-refractivity contribution in [1.29, 1.82) is 0 Å². The number of aliphatic hydroxyl groups excluding tert-OH is 1. The Morgan fingerprint density at radius 2 is 1.41 bits per heavy atom. The minimum atomic E-state index is -0.612. The highest BCUT2D eigenvalue weighted by Gasteiger charge is 2.17. The van der Waals surface area contributed by atoms with Crippen LogP contribution in [-0.4, -0.2) is 23.2 Å². The Morgan fingerprint density at radius 3 is 1.90 bits per heavy atom. The molecule has 0 aromatic heterocycles. The first kappa shape index (κ1) is 21.5. The van der Waals surface area contributed by atoms with Gasteiger partial charge in [-0.05, 0) is 35.9 Å². The molecule has 0 heterocycles. The lowest BCUT2D eigenvalue weighted by Gasteiger charge is -2.19. The van der Waals surface area contributed by atoms with Gasteiger partial charge in [-0.25, -0.2) is 0 Å². The van der Waals surface area contributed by atoms with Crippen LogP contribution in [0.25, 0.3) is 0 Å².